The normalized spacial score (nSPS) is 12.3. The molecule has 2 N–H and O–H groups in total. The molecule has 0 radical (unpaired) electrons. The van der Waals surface area contributed by atoms with Gasteiger partial charge < -0.3 is 19.8 Å². The highest BCUT2D eigenvalue weighted by atomic mass is 16.7. The van der Waals surface area contributed by atoms with Crippen molar-refractivity contribution in [1.82, 2.24) is 9.97 Å². The fourth-order valence-corrected chi connectivity index (χ4v) is 3.41. The SMILES string of the molecule is O=C(CCc1ccc2c(c1)OCO2)Nc1cccc(-c2nc3ccccc3[nH]2)c1. The molecule has 0 unspecified atom stereocenters. The fraction of sp³-hybridized carbons (Fsp3) is 0.130. The molecule has 5 rings (SSSR count). The average molecular weight is 385 g/mol. The molecule has 6 heteroatoms. The van der Waals surface area contributed by atoms with Crippen molar-refractivity contribution in [2.75, 3.05) is 12.1 Å². The largest absolute Gasteiger partial charge is 0.454 e. The smallest absolute Gasteiger partial charge is 0.231 e. The van der Waals surface area contributed by atoms with E-state index >= 15 is 0 Å². The summed E-state index contributed by atoms with van der Waals surface area (Å²) in [7, 11) is 0. The molecule has 0 saturated heterocycles. The van der Waals surface area contributed by atoms with E-state index in [4.69, 9.17) is 9.47 Å². The van der Waals surface area contributed by atoms with E-state index in [-0.39, 0.29) is 12.7 Å². The molecule has 1 aliphatic rings. The molecule has 0 bridgehead atoms. The van der Waals surface area contributed by atoms with E-state index in [0.29, 0.717) is 12.8 Å². The maximum Gasteiger partial charge on any atom is 0.231 e. The Labute approximate surface area is 167 Å². The van der Waals surface area contributed by atoms with Crippen molar-refractivity contribution in [1.29, 1.82) is 0 Å². The molecule has 6 nitrogen and oxygen atoms in total. The van der Waals surface area contributed by atoms with E-state index in [0.717, 1.165) is 45.2 Å². The van der Waals surface area contributed by atoms with Gasteiger partial charge in [0.1, 0.15) is 5.82 Å². The Morgan fingerprint density at radius 1 is 1.00 bits per heavy atom. The molecule has 1 aromatic heterocycles. The minimum absolute atomic E-state index is 0.0376. The number of hydrogen-bond donors (Lipinski definition) is 2. The van der Waals surface area contributed by atoms with Crippen LogP contribution < -0.4 is 14.8 Å². The summed E-state index contributed by atoms with van der Waals surface area (Å²) < 4.78 is 10.7. The second-order valence-electron chi connectivity index (χ2n) is 6.92. The van der Waals surface area contributed by atoms with E-state index in [1.807, 2.05) is 66.7 Å². The number of ether oxygens (including phenoxy) is 2. The van der Waals surface area contributed by atoms with Gasteiger partial charge in [-0.3, -0.25) is 4.79 Å². The number of hydrogen-bond acceptors (Lipinski definition) is 4. The van der Waals surface area contributed by atoms with Crippen molar-refractivity contribution in [2.45, 2.75) is 12.8 Å². The first-order valence-corrected chi connectivity index (χ1v) is 9.48. The number of carbonyl (C=O) groups is 1. The number of carbonyl (C=O) groups excluding carboxylic acids is 1. The van der Waals surface area contributed by atoms with Crippen LogP contribution in [0.2, 0.25) is 0 Å². The summed E-state index contributed by atoms with van der Waals surface area (Å²) >= 11 is 0. The number of nitrogens with one attached hydrogen (secondary N) is 2. The lowest BCUT2D eigenvalue weighted by Gasteiger charge is -2.07. The summed E-state index contributed by atoms with van der Waals surface area (Å²) in [6.45, 7) is 0.251. The van der Waals surface area contributed by atoms with Gasteiger partial charge in [-0.25, -0.2) is 4.98 Å². The van der Waals surface area contributed by atoms with Gasteiger partial charge in [-0.2, -0.15) is 0 Å². The van der Waals surface area contributed by atoms with Gasteiger partial charge in [-0.15, -0.1) is 0 Å². The third-order valence-corrected chi connectivity index (χ3v) is 4.89. The predicted octanol–water partition coefficient (Wildman–Crippen LogP) is 4.53. The van der Waals surface area contributed by atoms with Crippen LogP contribution in [0, 0.1) is 0 Å². The maximum absolute atomic E-state index is 12.4. The van der Waals surface area contributed by atoms with Crippen LogP contribution in [0.5, 0.6) is 11.5 Å². The summed E-state index contributed by atoms with van der Waals surface area (Å²) in [6.07, 6.45) is 1.01. The van der Waals surface area contributed by atoms with Crippen LogP contribution in [-0.4, -0.2) is 22.7 Å². The van der Waals surface area contributed by atoms with Gasteiger partial charge in [0.25, 0.3) is 0 Å². The molecular weight excluding hydrogens is 366 g/mol. The quantitative estimate of drug-likeness (QED) is 0.529. The lowest BCUT2D eigenvalue weighted by atomic mass is 10.1. The van der Waals surface area contributed by atoms with E-state index in [1.54, 1.807) is 0 Å². The van der Waals surface area contributed by atoms with Crippen molar-refractivity contribution in [3.8, 4) is 22.9 Å². The number of aromatic amines is 1. The van der Waals surface area contributed by atoms with Gasteiger partial charge in [-0.05, 0) is 48.4 Å². The first-order valence-electron chi connectivity index (χ1n) is 9.48. The number of aromatic nitrogens is 2. The number of nitrogens with zero attached hydrogens (tertiary/aromatic N) is 1. The van der Waals surface area contributed by atoms with Crippen molar-refractivity contribution in [3.63, 3.8) is 0 Å². The lowest BCUT2D eigenvalue weighted by molar-refractivity contribution is -0.116. The number of fused-ring (bicyclic) bond motifs is 2. The molecule has 0 fully saturated rings. The lowest BCUT2D eigenvalue weighted by Crippen LogP contribution is -2.12. The Kier molecular flexibility index (Phi) is 4.37. The second kappa shape index (κ2) is 7.31. The Bertz CT molecular complexity index is 1170. The molecule has 29 heavy (non-hydrogen) atoms. The summed E-state index contributed by atoms with van der Waals surface area (Å²) in [4.78, 5) is 20.3. The van der Waals surface area contributed by atoms with Crippen LogP contribution in [0.1, 0.15) is 12.0 Å². The highest BCUT2D eigenvalue weighted by Gasteiger charge is 2.14. The number of benzene rings is 3. The predicted molar refractivity (Wildman–Crippen MR) is 111 cm³/mol. The molecule has 0 saturated carbocycles. The molecular formula is C23H19N3O3. The van der Waals surface area contributed by atoms with E-state index in [9.17, 15) is 4.79 Å². The zero-order chi connectivity index (χ0) is 19.6. The Morgan fingerprint density at radius 3 is 2.83 bits per heavy atom. The maximum atomic E-state index is 12.4. The van der Waals surface area contributed by atoms with E-state index < -0.39 is 0 Å². The summed E-state index contributed by atoms with van der Waals surface area (Å²) in [5, 5.41) is 2.97. The zero-order valence-corrected chi connectivity index (χ0v) is 15.6. The third-order valence-electron chi connectivity index (χ3n) is 4.89. The first-order chi connectivity index (χ1) is 14.2. The standard InChI is InChI=1S/C23H19N3O3/c27-22(11-9-15-8-10-20-21(12-15)29-14-28-20)24-17-5-3-4-16(13-17)23-25-18-6-1-2-7-19(18)26-23/h1-8,10,12-13H,9,11,14H2,(H,24,27)(H,25,26). The van der Waals surface area contributed by atoms with Crippen LogP contribution in [0.3, 0.4) is 0 Å². The van der Waals surface area contributed by atoms with Crippen LogP contribution in [0.15, 0.2) is 66.7 Å². The molecule has 0 spiro atoms. The number of amides is 1. The summed E-state index contributed by atoms with van der Waals surface area (Å²) in [6, 6.07) is 21.4. The molecule has 0 atom stereocenters. The number of rotatable bonds is 5. The Morgan fingerprint density at radius 2 is 1.90 bits per heavy atom. The van der Waals surface area contributed by atoms with E-state index in [1.165, 1.54) is 0 Å². The molecule has 2 heterocycles. The zero-order valence-electron chi connectivity index (χ0n) is 15.6. The topological polar surface area (TPSA) is 76.2 Å². The highest BCUT2D eigenvalue weighted by Crippen LogP contribution is 2.32. The van der Waals surface area contributed by atoms with Gasteiger partial charge in [0.05, 0.1) is 11.0 Å². The monoisotopic (exact) mass is 385 g/mol. The number of para-hydroxylation sites is 2. The van der Waals surface area contributed by atoms with Gasteiger partial charge in [0, 0.05) is 17.7 Å². The number of anilines is 1. The van der Waals surface area contributed by atoms with E-state index in [2.05, 4.69) is 15.3 Å². The van der Waals surface area contributed by atoms with Gasteiger partial charge in [-0.1, -0.05) is 30.3 Å². The first kappa shape index (κ1) is 17.3. The molecule has 4 aromatic rings. The molecule has 144 valence electrons. The Hall–Kier alpha value is -3.80. The van der Waals surface area contributed by atoms with Crippen LogP contribution >= 0.6 is 0 Å². The number of aryl methyl sites for hydroxylation is 1. The third kappa shape index (κ3) is 3.65. The Balaban J connectivity index is 1.25. The minimum atomic E-state index is -0.0376. The van der Waals surface area contributed by atoms with Crippen LogP contribution in [-0.2, 0) is 11.2 Å². The fourth-order valence-electron chi connectivity index (χ4n) is 3.41. The van der Waals surface area contributed by atoms with Crippen molar-refractivity contribution in [2.24, 2.45) is 0 Å². The van der Waals surface area contributed by atoms with Crippen LogP contribution in [0.4, 0.5) is 5.69 Å². The summed E-state index contributed by atoms with van der Waals surface area (Å²) in [5.74, 6) is 2.23. The van der Waals surface area contributed by atoms with Crippen LogP contribution in [0.25, 0.3) is 22.4 Å². The van der Waals surface area contributed by atoms with Crippen molar-refractivity contribution < 1.29 is 14.3 Å². The van der Waals surface area contributed by atoms with Gasteiger partial charge >= 0.3 is 0 Å². The van der Waals surface area contributed by atoms with Gasteiger partial charge in [0.2, 0.25) is 12.7 Å². The highest BCUT2D eigenvalue weighted by molar-refractivity contribution is 5.91. The number of imidazole rings is 1. The molecule has 3 aromatic carbocycles. The minimum Gasteiger partial charge on any atom is -0.454 e. The van der Waals surface area contributed by atoms with Crippen molar-refractivity contribution in [3.05, 3.63) is 72.3 Å². The van der Waals surface area contributed by atoms with Gasteiger partial charge in [0.15, 0.2) is 11.5 Å². The number of H-pyrrole nitrogens is 1. The molecule has 1 aliphatic heterocycles. The average Bonchev–Trinajstić information content (AvgIpc) is 3.39. The van der Waals surface area contributed by atoms with Crippen molar-refractivity contribution >= 4 is 22.6 Å². The molecule has 1 amide bonds. The molecule has 0 aliphatic carbocycles. The second-order valence-corrected chi connectivity index (χ2v) is 6.92. The summed E-state index contributed by atoms with van der Waals surface area (Å²) in [5.41, 5.74) is 4.62.